The molecule has 0 saturated carbocycles. The van der Waals surface area contributed by atoms with Crippen molar-refractivity contribution >= 4 is 22.5 Å². The molecule has 0 radical (unpaired) electrons. The SMILES string of the molecule is O=C(Nc1cccc2ncccc12)c1ccc(OCc2cccnc2)cc1. The summed E-state index contributed by atoms with van der Waals surface area (Å²) in [5.41, 5.74) is 3.13. The van der Waals surface area contributed by atoms with Crippen molar-refractivity contribution in [3.8, 4) is 5.75 Å². The van der Waals surface area contributed by atoms with Gasteiger partial charge in [0.25, 0.3) is 5.91 Å². The molecule has 4 rings (SSSR count). The van der Waals surface area contributed by atoms with E-state index in [0.29, 0.717) is 17.9 Å². The number of nitrogens with one attached hydrogen (secondary N) is 1. The second-order valence-corrected chi connectivity index (χ2v) is 6.00. The molecule has 0 bridgehead atoms. The average molecular weight is 355 g/mol. The topological polar surface area (TPSA) is 64.1 Å². The van der Waals surface area contributed by atoms with Crippen molar-refractivity contribution in [3.63, 3.8) is 0 Å². The second kappa shape index (κ2) is 7.66. The number of hydrogen-bond acceptors (Lipinski definition) is 4. The van der Waals surface area contributed by atoms with Crippen molar-refractivity contribution < 1.29 is 9.53 Å². The number of fused-ring (bicyclic) bond motifs is 1. The fourth-order valence-electron chi connectivity index (χ4n) is 2.76. The molecule has 2 aromatic heterocycles. The number of aromatic nitrogens is 2. The maximum atomic E-state index is 12.6. The second-order valence-electron chi connectivity index (χ2n) is 6.00. The maximum absolute atomic E-state index is 12.6. The van der Waals surface area contributed by atoms with E-state index in [1.54, 1.807) is 42.9 Å². The third kappa shape index (κ3) is 3.93. The fourth-order valence-corrected chi connectivity index (χ4v) is 2.76. The van der Waals surface area contributed by atoms with Crippen LogP contribution in [-0.4, -0.2) is 15.9 Å². The molecule has 132 valence electrons. The van der Waals surface area contributed by atoms with Gasteiger partial charge in [0, 0.05) is 35.1 Å². The molecular weight excluding hydrogens is 338 g/mol. The molecule has 0 fully saturated rings. The van der Waals surface area contributed by atoms with Gasteiger partial charge in [0.1, 0.15) is 12.4 Å². The number of pyridine rings is 2. The summed E-state index contributed by atoms with van der Waals surface area (Å²) in [6.45, 7) is 0.433. The summed E-state index contributed by atoms with van der Waals surface area (Å²) in [6, 6.07) is 20.3. The Morgan fingerprint density at radius 3 is 2.59 bits per heavy atom. The van der Waals surface area contributed by atoms with E-state index >= 15 is 0 Å². The Labute approximate surface area is 156 Å². The minimum Gasteiger partial charge on any atom is -0.489 e. The van der Waals surface area contributed by atoms with Crippen LogP contribution >= 0.6 is 0 Å². The van der Waals surface area contributed by atoms with Crippen LogP contribution in [0.4, 0.5) is 5.69 Å². The van der Waals surface area contributed by atoms with Crippen molar-refractivity contribution in [2.45, 2.75) is 6.61 Å². The van der Waals surface area contributed by atoms with Gasteiger partial charge < -0.3 is 10.1 Å². The van der Waals surface area contributed by atoms with Crippen LogP contribution in [0.1, 0.15) is 15.9 Å². The standard InChI is InChI=1S/C22H17N3O2/c26-22(25-21-7-1-6-20-19(21)5-3-13-24-20)17-8-10-18(11-9-17)27-15-16-4-2-12-23-14-16/h1-14H,15H2,(H,25,26). The molecule has 0 aliphatic rings. The van der Waals surface area contributed by atoms with Gasteiger partial charge in [-0.2, -0.15) is 0 Å². The highest BCUT2D eigenvalue weighted by Gasteiger charge is 2.09. The van der Waals surface area contributed by atoms with E-state index in [1.807, 2.05) is 42.5 Å². The molecule has 2 heterocycles. The molecule has 5 nitrogen and oxygen atoms in total. The average Bonchev–Trinajstić information content (AvgIpc) is 2.74. The lowest BCUT2D eigenvalue weighted by Crippen LogP contribution is -2.12. The molecule has 2 aromatic carbocycles. The summed E-state index contributed by atoms with van der Waals surface area (Å²) in [4.78, 5) is 20.9. The zero-order valence-corrected chi connectivity index (χ0v) is 14.5. The number of nitrogens with zero attached hydrogens (tertiary/aromatic N) is 2. The van der Waals surface area contributed by atoms with Crippen molar-refractivity contribution in [1.82, 2.24) is 9.97 Å². The third-order valence-electron chi connectivity index (χ3n) is 4.14. The molecular formula is C22H17N3O2. The number of hydrogen-bond donors (Lipinski definition) is 1. The van der Waals surface area contributed by atoms with Crippen LogP contribution in [0.3, 0.4) is 0 Å². The molecule has 0 atom stereocenters. The first kappa shape index (κ1) is 16.7. The Morgan fingerprint density at radius 2 is 1.78 bits per heavy atom. The molecule has 0 unspecified atom stereocenters. The van der Waals surface area contributed by atoms with Gasteiger partial charge in [-0.1, -0.05) is 12.1 Å². The number of amides is 1. The van der Waals surface area contributed by atoms with Crippen molar-refractivity contribution in [2.75, 3.05) is 5.32 Å². The van der Waals surface area contributed by atoms with Gasteiger partial charge in [-0.15, -0.1) is 0 Å². The molecule has 5 heteroatoms. The lowest BCUT2D eigenvalue weighted by Gasteiger charge is -2.09. The first-order valence-electron chi connectivity index (χ1n) is 8.56. The van der Waals surface area contributed by atoms with Crippen LogP contribution in [0.5, 0.6) is 5.75 Å². The van der Waals surface area contributed by atoms with Gasteiger partial charge in [-0.3, -0.25) is 14.8 Å². The summed E-state index contributed by atoms with van der Waals surface area (Å²) in [6.07, 6.45) is 5.22. The lowest BCUT2D eigenvalue weighted by molar-refractivity contribution is 0.102. The summed E-state index contributed by atoms with van der Waals surface area (Å²) < 4.78 is 5.72. The normalized spacial score (nSPS) is 10.5. The number of anilines is 1. The van der Waals surface area contributed by atoms with E-state index in [0.717, 1.165) is 22.2 Å². The van der Waals surface area contributed by atoms with Crippen molar-refractivity contribution in [3.05, 3.63) is 96.4 Å². The smallest absolute Gasteiger partial charge is 0.255 e. The van der Waals surface area contributed by atoms with E-state index in [9.17, 15) is 4.79 Å². The Hall–Kier alpha value is -3.73. The Morgan fingerprint density at radius 1 is 0.926 bits per heavy atom. The zero-order valence-electron chi connectivity index (χ0n) is 14.5. The van der Waals surface area contributed by atoms with E-state index < -0.39 is 0 Å². The lowest BCUT2D eigenvalue weighted by atomic mass is 10.1. The number of rotatable bonds is 5. The van der Waals surface area contributed by atoms with E-state index in [-0.39, 0.29) is 5.91 Å². The Balaban J connectivity index is 1.44. The minimum absolute atomic E-state index is 0.176. The number of carbonyl (C=O) groups is 1. The molecule has 0 saturated heterocycles. The van der Waals surface area contributed by atoms with Crippen LogP contribution in [0.25, 0.3) is 10.9 Å². The van der Waals surface area contributed by atoms with Gasteiger partial charge >= 0.3 is 0 Å². The Kier molecular flexibility index (Phi) is 4.74. The van der Waals surface area contributed by atoms with Crippen LogP contribution in [0.15, 0.2) is 85.3 Å². The first-order valence-corrected chi connectivity index (χ1v) is 8.56. The third-order valence-corrected chi connectivity index (χ3v) is 4.14. The molecule has 1 amide bonds. The first-order chi connectivity index (χ1) is 13.3. The van der Waals surface area contributed by atoms with Crippen molar-refractivity contribution in [1.29, 1.82) is 0 Å². The largest absolute Gasteiger partial charge is 0.489 e. The molecule has 0 spiro atoms. The van der Waals surface area contributed by atoms with E-state index in [1.165, 1.54) is 0 Å². The fraction of sp³-hybridized carbons (Fsp3) is 0.0455. The van der Waals surface area contributed by atoms with Crippen LogP contribution in [0, 0.1) is 0 Å². The van der Waals surface area contributed by atoms with E-state index in [4.69, 9.17) is 4.74 Å². The highest BCUT2D eigenvalue weighted by molar-refractivity contribution is 6.08. The maximum Gasteiger partial charge on any atom is 0.255 e. The van der Waals surface area contributed by atoms with Gasteiger partial charge in [-0.05, 0) is 54.6 Å². The number of ether oxygens (including phenoxy) is 1. The molecule has 0 aliphatic heterocycles. The van der Waals surface area contributed by atoms with Crippen molar-refractivity contribution in [2.24, 2.45) is 0 Å². The highest BCUT2D eigenvalue weighted by atomic mass is 16.5. The summed E-state index contributed by atoms with van der Waals surface area (Å²) in [7, 11) is 0. The van der Waals surface area contributed by atoms with Gasteiger partial charge in [0.15, 0.2) is 0 Å². The van der Waals surface area contributed by atoms with E-state index in [2.05, 4.69) is 15.3 Å². The summed E-state index contributed by atoms with van der Waals surface area (Å²) >= 11 is 0. The highest BCUT2D eigenvalue weighted by Crippen LogP contribution is 2.22. The zero-order chi connectivity index (χ0) is 18.5. The summed E-state index contributed by atoms with van der Waals surface area (Å²) in [5, 5.41) is 3.86. The van der Waals surface area contributed by atoms with Gasteiger partial charge in [0.2, 0.25) is 0 Å². The van der Waals surface area contributed by atoms with Gasteiger partial charge in [0.05, 0.1) is 11.2 Å². The number of benzene rings is 2. The van der Waals surface area contributed by atoms with Crippen LogP contribution in [0.2, 0.25) is 0 Å². The quantitative estimate of drug-likeness (QED) is 0.574. The summed E-state index contributed by atoms with van der Waals surface area (Å²) in [5.74, 6) is 0.523. The molecule has 1 N–H and O–H groups in total. The molecule has 4 aromatic rings. The predicted octanol–water partition coefficient (Wildman–Crippen LogP) is 4.46. The number of carbonyl (C=O) groups excluding carboxylic acids is 1. The minimum atomic E-state index is -0.176. The molecule has 27 heavy (non-hydrogen) atoms. The monoisotopic (exact) mass is 355 g/mol. The van der Waals surface area contributed by atoms with Gasteiger partial charge in [-0.25, -0.2) is 0 Å². The Bertz CT molecular complexity index is 1060. The van der Waals surface area contributed by atoms with Crippen LogP contribution < -0.4 is 10.1 Å². The molecule has 0 aliphatic carbocycles. The predicted molar refractivity (Wildman–Crippen MR) is 105 cm³/mol. The van der Waals surface area contributed by atoms with Crippen LogP contribution in [-0.2, 0) is 6.61 Å².